The van der Waals surface area contributed by atoms with Gasteiger partial charge in [0.25, 0.3) is 0 Å². The molecule has 2 fully saturated rings. The Kier molecular flexibility index (Phi) is 3.26. The highest BCUT2D eigenvalue weighted by molar-refractivity contribution is 4.82. The molecule has 0 spiro atoms. The van der Waals surface area contributed by atoms with E-state index >= 15 is 0 Å². The molecular formula is C12H23N. The van der Waals surface area contributed by atoms with Crippen LogP contribution in [-0.4, -0.2) is 24.0 Å². The van der Waals surface area contributed by atoms with Gasteiger partial charge in [-0.25, -0.2) is 0 Å². The van der Waals surface area contributed by atoms with Crippen LogP contribution in [0, 0.1) is 0 Å². The summed E-state index contributed by atoms with van der Waals surface area (Å²) in [5, 5.41) is 0. The zero-order valence-corrected chi connectivity index (χ0v) is 8.97. The number of hydrogen-bond acceptors (Lipinski definition) is 1. The maximum atomic E-state index is 2.70. The van der Waals surface area contributed by atoms with Crippen LogP contribution in [0.15, 0.2) is 0 Å². The average Bonchev–Trinajstić information content (AvgIpc) is 2.71. The van der Waals surface area contributed by atoms with E-state index in [1.165, 1.54) is 57.8 Å². The summed E-state index contributed by atoms with van der Waals surface area (Å²) in [5.74, 6) is 0. The molecule has 0 aromatic rings. The fourth-order valence-corrected chi connectivity index (χ4v) is 3.10. The lowest BCUT2D eigenvalue weighted by Gasteiger charge is -2.35. The van der Waals surface area contributed by atoms with E-state index in [1.807, 2.05) is 0 Å². The van der Waals surface area contributed by atoms with E-state index < -0.39 is 0 Å². The smallest absolute Gasteiger partial charge is 0.00951 e. The zero-order valence-electron chi connectivity index (χ0n) is 8.97. The van der Waals surface area contributed by atoms with Crippen molar-refractivity contribution < 1.29 is 0 Å². The van der Waals surface area contributed by atoms with Crippen molar-refractivity contribution in [1.82, 2.24) is 4.90 Å². The van der Waals surface area contributed by atoms with Crippen LogP contribution in [0.1, 0.15) is 57.8 Å². The molecule has 13 heavy (non-hydrogen) atoms. The van der Waals surface area contributed by atoms with Gasteiger partial charge in [0.05, 0.1) is 0 Å². The van der Waals surface area contributed by atoms with Crippen LogP contribution in [-0.2, 0) is 0 Å². The van der Waals surface area contributed by atoms with Gasteiger partial charge in [0.1, 0.15) is 0 Å². The second-order valence-corrected chi connectivity index (χ2v) is 4.90. The van der Waals surface area contributed by atoms with Crippen molar-refractivity contribution >= 4 is 0 Å². The van der Waals surface area contributed by atoms with Crippen LogP contribution in [0.4, 0.5) is 0 Å². The van der Waals surface area contributed by atoms with Crippen molar-refractivity contribution in [3.63, 3.8) is 0 Å². The predicted molar refractivity (Wildman–Crippen MR) is 56.9 cm³/mol. The maximum absolute atomic E-state index is 2.70. The van der Waals surface area contributed by atoms with E-state index in [1.54, 1.807) is 0 Å². The molecule has 0 bridgehead atoms. The van der Waals surface area contributed by atoms with Crippen molar-refractivity contribution in [1.29, 1.82) is 0 Å². The minimum atomic E-state index is 0.928. The third-order valence-corrected chi connectivity index (χ3v) is 4.05. The van der Waals surface area contributed by atoms with Gasteiger partial charge in [-0.05, 0) is 32.7 Å². The highest BCUT2D eigenvalue weighted by atomic mass is 15.2. The van der Waals surface area contributed by atoms with E-state index in [0.717, 1.165) is 12.1 Å². The van der Waals surface area contributed by atoms with Crippen molar-refractivity contribution in [2.24, 2.45) is 0 Å². The lowest BCUT2D eigenvalue weighted by atomic mass is 9.93. The van der Waals surface area contributed by atoms with Gasteiger partial charge in [0.15, 0.2) is 0 Å². The highest BCUT2D eigenvalue weighted by Crippen LogP contribution is 2.29. The van der Waals surface area contributed by atoms with E-state index in [2.05, 4.69) is 11.9 Å². The maximum Gasteiger partial charge on any atom is 0.00951 e. The van der Waals surface area contributed by atoms with Gasteiger partial charge in [-0.3, -0.25) is 0 Å². The fraction of sp³-hybridized carbons (Fsp3) is 1.00. The molecule has 0 unspecified atom stereocenters. The van der Waals surface area contributed by atoms with Crippen molar-refractivity contribution in [3.05, 3.63) is 0 Å². The first-order valence-electron chi connectivity index (χ1n) is 6.10. The second-order valence-electron chi connectivity index (χ2n) is 4.90. The largest absolute Gasteiger partial charge is 0.300 e. The molecular weight excluding hydrogens is 158 g/mol. The molecule has 2 rings (SSSR count). The Balaban J connectivity index is 1.83. The molecule has 2 aliphatic rings. The monoisotopic (exact) mass is 181 g/mol. The van der Waals surface area contributed by atoms with Crippen LogP contribution >= 0.6 is 0 Å². The van der Waals surface area contributed by atoms with E-state index in [0.29, 0.717) is 0 Å². The van der Waals surface area contributed by atoms with Gasteiger partial charge in [0, 0.05) is 12.1 Å². The molecule has 2 saturated carbocycles. The molecule has 0 atom stereocenters. The topological polar surface area (TPSA) is 3.24 Å². The molecule has 0 N–H and O–H groups in total. The number of nitrogens with zero attached hydrogens (tertiary/aromatic N) is 1. The summed E-state index contributed by atoms with van der Waals surface area (Å²) in [7, 11) is 2.37. The van der Waals surface area contributed by atoms with Gasteiger partial charge in [-0.15, -0.1) is 0 Å². The lowest BCUT2D eigenvalue weighted by Crippen LogP contribution is -2.39. The summed E-state index contributed by atoms with van der Waals surface area (Å²) in [5.41, 5.74) is 0. The average molecular weight is 181 g/mol. The molecule has 1 heteroatoms. The molecule has 0 heterocycles. The first-order valence-corrected chi connectivity index (χ1v) is 6.10. The van der Waals surface area contributed by atoms with Crippen LogP contribution in [0.2, 0.25) is 0 Å². The standard InChI is InChI=1S/C12H23N/c1-13(12-9-5-6-10-12)11-7-3-2-4-8-11/h11-12H,2-10H2,1H3. The number of rotatable bonds is 2. The lowest BCUT2D eigenvalue weighted by molar-refractivity contribution is 0.139. The summed E-state index contributed by atoms with van der Waals surface area (Å²) in [4.78, 5) is 2.70. The molecule has 76 valence electrons. The molecule has 0 aromatic carbocycles. The Labute approximate surface area is 82.5 Å². The molecule has 0 radical (unpaired) electrons. The van der Waals surface area contributed by atoms with Crippen LogP contribution in [0.3, 0.4) is 0 Å². The van der Waals surface area contributed by atoms with Gasteiger partial charge < -0.3 is 4.90 Å². The van der Waals surface area contributed by atoms with Gasteiger partial charge in [-0.1, -0.05) is 32.1 Å². The highest BCUT2D eigenvalue weighted by Gasteiger charge is 2.26. The number of hydrogen-bond donors (Lipinski definition) is 0. The minimum absolute atomic E-state index is 0.928. The Hall–Kier alpha value is -0.0400. The van der Waals surface area contributed by atoms with Crippen molar-refractivity contribution in [2.45, 2.75) is 69.9 Å². The predicted octanol–water partition coefficient (Wildman–Crippen LogP) is 3.19. The SMILES string of the molecule is CN(C1CCCCC1)C1CCCC1. The molecule has 1 nitrogen and oxygen atoms in total. The third kappa shape index (κ3) is 2.25. The Morgan fingerprint density at radius 2 is 1.08 bits per heavy atom. The first kappa shape index (κ1) is 9.51. The van der Waals surface area contributed by atoms with E-state index in [9.17, 15) is 0 Å². The van der Waals surface area contributed by atoms with Crippen LogP contribution in [0.5, 0.6) is 0 Å². The van der Waals surface area contributed by atoms with Crippen LogP contribution in [0.25, 0.3) is 0 Å². The quantitative estimate of drug-likeness (QED) is 0.632. The third-order valence-electron chi connectivity index (χ3n) is 4.05. The summed E-state index contributed by atoms with van der Waals surface area (Å²) in [6.45, 7) is 0. The Morgan fingerprint density at radius 3 is 1.54 bits per heavy atom. The zero-order chi connectivity index (χ0) is 9.10. The Morgan fingerprint density at radius 1 is 0.692 bits per heavy atom. The summed E-state index contributed by atoms with van der Waals surface area (Å²) >= 11 is 0. The van der Waals surface area contributed by atoms with E-state index in [-0.39, 0.29) is 0 Å². The Bertz CT molecular complexity index is 143. The molecule has 0 amide bonds. The molecule has 2 aliphatic carbocycles. The van der Waals surface area contributed by atoms with Gasteiger partial charge >= 0.3 is 0 Å². The molecule has 0 saturated heterocycles. The summed E-state index contributed by atoms with van der Waals surface area (Å²) in [6.07, 6.45) is 13.2. The second kappa shape index (κ2) is 4.45. The fourth-order valence-electron chi connectivity index (χ4n) is 3.10. The minimum Gasteiger partial charge on any atom is -0.300 e. The van der Waals surface area contributed by atoms with Crippen LogP contribution < -0.4 is 0 Å². The molecule has 0 aromatic heterocycles. The van der Waals surface area contributed by atoms with Gasteiger partial charge in [0.2, 0.25) is 0 Å². The first-order chi connectivity index (χ1) is 6.38. The summed E-state index contributed by atoms with van der Waals surface area (Å²) < 4.78 is 0. The van der Waals surface area contributed by atoms with E-state index in [4.69, 9.17) is 0 Å². The normalized spacial score (nSPS) is 27.2. The van der Waals surface area contributed by atoms with Crippen molar-refractivity contribution in [2.75, 3.05) is 7.05 Å². The summed E-state index contributed by atoms with van der Waals surface area (Å²) in [6, 6.07) is 1.86. The van der Waals surface area contributed by atoms with Crippen molar-refractivity contribution in [3.8, 4) is 0 Å². The molecule has 0 aliphatic heterocycles. The van der Waals surface area contributed by atoms with Gasteiger partial charge in [-0.2, -0.15) is 0 Å².